The van der Waals surface area contributed by atoms with E-state index in [1.807, 2.05) is 0 Å². The number of nitrogens with zero attached hydrogens (tertiary/aromatic N) is 1. The molecule has 3 nitrogen and oxygen atoms in total. The van der Waals surface area contributed by atoms with Crippen LogP contribution in [0.4, 0.5) is 5.69 Å². The monoisotopic (exact) mass is 457 g/mol. The van der Waals surface area contributed by atoms with Gasteiger partial charge in [0.25, 0.3) is 0 Å². The second kappa shape index (κ2) is 5.21. The molecule has 1 aromatic carbocycles. The number of para-hydroxylation sites is 1. The summed E-state index contributed by atoms with van der Waals surface area (Å²) in [6, 6.07) is 6.99. The number of imide groups is 1. The van der Waals surface area contributed by atoms with Crippen LogP contribution in [0, 0.1) is 18.8 Å². The van der Waals surface area contributed by atoms with Gasteiger partial charge >= 0.3 is 0 Å². The normalized spacial score (nSPS) is 38.8. The van der Waals surface area contributed by atoms with E-state index in [1.165, 1.54) is 0 Å². The number of anilines is 1. The van der Waals surface area contributed by atoms with Crippen molar-refractivity contribution < 1.29 is 9.59 Å². The average molecular weight is 460 g/mol. The minimum atomic E-state index is -1.91. The molecule has 9 heteroatoms. The van der Waals surface area contributed by atoms with Gasteiger partial charge in [0.2, 0.25) is 11.8 Å². The van der Waals surface area contributed by atoms with Crippen LogP contribution in [0.15, 0.2) is 34.3 Å². The summed E-state index contributed by atoms with van der Waals surface area (Å²) in [6.45, 7) is 1.79. The van der Waals surface area contributed by atoms with Crippen molar-refractivity contribution in [3.05, 3.63) is 39.9 Å². The highest BCUT2D eigenvalue weighted by Gasteiger charge is 2.87. The summed E-state index contributed by atoms with van der Waals surface area (Å²) in [5.41, 5.74) is 1.20. The summed E-state index contributed by atoms with van der Waals surface area (Å²) in [5.74, 6) is -3.31. The quantitative estimate of drug-likeness (QED) is 0.440. The number of carbonyl (C=O) groups excluding carboxylic acids is 2. The SMILES string of the molecule is Cc1ccccc1N1C(=O)[C@H]2[C@H](C1=O)[C@]1(Cl)C(Cl)=C(Cl)[C@]2(Cl)C1(Cl)Cl. The molecule has 25 heavy (non-hydrogen) atoms. The first kappa shape index (κ1) is 18.2. The zero-order valence-electron chi connectivity index (χ0n) is 12.5. The standard InChI is InChI=1S/C16H9Cl6NO2/c1-6-4-2-3-5-7(6)23-12(24)8-9(13(23)25)15(20)11(18)10(17)14(8,19)16(15,21)22/h2-5,8-9H,1H3/t8-,9-,14+,15+/m1/s1. The second-order valence-electron chi connectivity index (χ2n) is 6.38. The minimum absolute atomic E-state index is 0.0927. The van der Waals surface area contributed by atoms with Crippen molar-refractivity contribution in [3.8, 4) is 0 Å². The Kier molecular flexibility index (Phi) is 3.80. The lowest BCUT2D eigenvalue weighted by Gasteiger charge is -2.34. The van der Waals surface area contributed by atoms with E-state index in [1.54, 1.807) is 31.2 Å². The molecule has 1 aromatic rings. The minimum Gasteiger partial charge on any atom is -0.274 e. The third kappa shape index (κ3) is 1.74. The number of alkyl halides is 4. The Labute approximate surface area is 173 Å². The van der Waals surface area contributed by atoms with E-state index in [-0.39, 0.29) is 10.1 Å². The highest BCUT2D eigenvalue weighted by Crippen LogP contribution is 2.77. The second-order valence-corrected chi connectivity index (χ2v) is 9.66. The molecule has 2 amide bonds. The predicted molar refractivity (Wildman–Crippen MR) is 101 cm³/mol. The van der Waals surface area contributed by atoms with Gasteiger partial charge in [-0.3, -0.25) is 9.59 Å². The van der Waals surface area contributed by atoms with E-state index in [4.69, 9.17) is 69.6 Å². The van der Waals surface area contributed by atoms with E-state index >= 15 is 0 Å². The molecule has 4 rings (SSSR count). The van der Waals surface area contributed by atoms with Crippen molar-refractivity contribution in [1.82, 2.24) is 0 Å². The molecule has 1 aliphatic heterocycles. The van der Waals surface area contributed by atoms with E-state index < -0.39 is 37.7 Å². The Morgan fingerprint density at radius 2 is 1.32 bits per heavy atom. The van der Waals surface area contributed by atoms with Crippen molar-refractivity contribution >= 4 is 87.1 Å². The van der Waals surface area contributed by atoms with Gasteiger partial charge in [0.05, 0.1) is 27.6 Å². The molecular formula is C16H9Cl6NO2. The summed E-state index contributed by atoms with van der Waals surface area (Å²) in [6.07, 6.45) is 0. The highest BCUT2D eigenvalue weighted by molar-refractivity contribution is 6.67. The molecule has 0 aromatic heterocycles. The first-order chi connectivity index (χ1) is 11.5. The van der Waals surface area contributed by atoms with Crippen LogP contribution in [0.3, 0.4) is 0 Å². The number of hydrogen-bond acceptors (Lipinski definition) is 2. The Morgan fingerprint density at radius 3 is 1.76 bits per heavy atom. The molecule has 132 valence electrons. The molecule has 2 fully saturated rings. The number of rotatable bonds is 1. The first-order valence-corrected chi connectivity index (χ1v) is 9.55. The third-order valence-corrected chi connectivity index (χ3v) is 9.52. The van der Waals surface area contributed by atoms with Gasteiger partial charge in [-0.2, -0.15) is 0 Å². The number of fused-ring (bicyclic) bond motifs is 5. The van der Waals surface area contributed by atoms with Crippen LogP contribution in [0.1, 0.15) is 5.56 Å². The number of hydrogen-bond donors (Lipinski definition) is 0. The molecule has 2 bridgehead atoms. The summed E-state index contributed by atoms with van der Waals surface area (Å²) >= 11 is 38.7. The third-order valence-electron chi connectivity index (χ3n) is 5.27. The molecule has 0 unspecified atom stereocenters. The lowest BCUT2D eigenvalue weighted by Crippen LogP contribution is -2.50. The molecule has 1 heterocycles. The highest BCUT2D eigenvalue weighted by atomic mass is 35.5. The van der Waals surface area contributed by atoms with E-state index in [0.717, 1.165) is 10.5 Å². The molecule has 0 radical (unpaired) electrons. The Bertz CT molecular complexity index is 837. The number of aryl methyl sites for hydroxylation is 1. The van der Waals surface area contributed by atoms with Gasteiger partial charge in [-0.1, -0.05) is 64.6 Å². The maximum absolute atomic E-state index is 13.1. The van der Waals surface area contributed by atoms with E-state index in [9.17, 15) is 9.59 Å². The number of benzene rings is 1. The smallest absolute Gasteiger partial charge is 0.240 e. The number of carbonyl (C=O) groups is 2. The Morgan fingerprint density at radius 1 is 0.880 bits per heavy atom. The van der Waals surface area contributed by atoms with Crippen LogP contribution in [0.2, 0.25) is 0 Å². The van der Waals surface area contributed by atoms with Crippen molar-refractivity contribution in [2.24, 2.45) is 11.8 Å². The lowest BCUT2D eigenvalue weighted by molar-refractivity contribution is -0.123. The van der Waals surface area contributed by atoms with E-state index in [2.05, 4.69) is 0 Å². The maximum Gasteiger partial charge on any atom is 0.240 e. The fourth-order valence-electron chi connectivity index (χ4n) is 4.05. The molecule has 3 aliphatic rings. The predicted octanol–water partition coefficient (Wildman–Crippen LogP) is 4.95. The summed E-state index contributed by atoms with van der Waals surface area (Å²) < 4.78 is -1.91. The largest absolute Gasteiger partial charge is 0.274 e. The van der Waals surface area contributed by atoms with Crippen molar-refractivity contribution in [1.29, 1.82) is 0 Å². The molecule has 1 saturated heterocycles. The van der Waals surface area contributed by atoms with Gasteiger partial charge in [-0.25, -0.2) is 4.90 Å². The van der Waals surface area contributed by atoms with E-state index in [0.29, 0.717) is 5.69 Å². The fraction of sp³-hybridized carbons (Fsp3) is 0.375. The van der Waals surface area contributed by atoms with Gasteiger partial charge in [0.1, 0.15) is 9.75 Å². The summed E-state index contributed by atoms with van der Waals surface area (Å²) in [4.78, 5) is 23.8. The Balaban J connectivity index is 1.94. The molecule has 0 N–H and O–H groups in total. The van der Waals surface area contributed by atoms with Crippen LogP contribution in [0.5, 0.6) is 0 Å². The zero-order valence-corrected chi connectivity index (χ0v) is 17.0. The van der Waals surface area contributed by atoms with Crippen molar-refractivity contribution in [3.63, 3.8) is 0 Å². The van der Waals surface area contributed by atoms with Gasteiger partial charge in [-0.05, 0) is 18.6 Å². The molecule has 4 atom stereocenters. The average Bonchev–Trinajstić information content (AvgIpc) is 2.93. The topological polar surface area (TPSA) is 37.4 Å². The molecule has 2 aliphatic carbocycles. The summed E-state index contributed by atoms with van der Waals surface area (Å²) in [7, 11) is 0. The van der Waals surface area contributed by atoms with Gasteiger partial charge in [-0.15, -0.1) is 23.2 Å². The van der Waals surface area contributed by atoms with Crippen LogP contribution in [-0.4, -0.2) is 25.9 Å². The Hall–Kier alpha value is -0.160. The van der Waals surface area contributed by atoms with Crippen LogP contribution in [0.25, 0.3) is 0 Å². The van der Waals surface area contributed by atoms with Crippen LogP contribution in [-0.2, 0) is 9.59 Å². The molecule has 0 spiro atoms. The van der Waals surface area contributed by atoms with Gasteiger partial charge in [0.15, 0.2) is 4.33 Å². The number of halogens is 6. The summed E-state index contributed by atoms with van der Waals surface area (Å²) in [5, 5.41) is -0.185. The number of allylic oxidation sites excluding steroid dienone is 2. The van der Waals surface area contributed by atoms with Crippen LogP contribution >= 0.6 is 69.6 Å². The van der Waals surface area contributed by atoms with Crippen molar-refractivity contribution in [2.75, 3.05) is 4.90 Å². The van der Waals surface area contributed by atoms with Crippen molar-refractivity contribution in [2.45, 2.75) is 21.0 Å². The maximum atomic E-state index is 13.1. The zero-order chi connectivity index (χ0) is 18.5. The fourth-order valence-corrected chi connectivity index (χ4v) is 6.98. The number of amides is 2. The first-order valence-electron chi connectivity index (χ1n) is 7.28. The van der Waals surface area contributed by atoms with Gasteiger partial charge in [0, 0.05) is 0 Å². The van der Waals surface area contributed by atoms with Gasteiger partial charge < -0.3 is 0 Å². The molecule has 1 saturated carbocycles. The van der Waals surface area contributed by atoms with Crippen LogP contribution < -0.4 is 4.90 Å². The molecular weight excluding hydrogens is 451 g/mol. The lowest BCUT2D eigenvalue weighted by atomic mass is 9.84.